The molecule has 0 atom stereocenters. The highest BCUT2D eigenvalue weighted by molar-refractivity contribution is 5.94. The maximum absolute atomic E-state index is 13.2. The summed E-state index contributed by atoms with van der Waals surface area (Å²) in [5, 5.41) is 3.12. The summed E-state index contributed by atoms with van der Waals surface area (Å²) in [6.45, 7) is 8.24. The number of carbonyl (C=O) groups excluding carboxylic acids is 1. The van der Waals surface area contributed by atoms with Gasteiger partial charge in [-0.05, 0) is 61.4 Å². The zero-order chi connectivity index (χ0) is 19.9. The Balaban J connectivity index is 1.58. The van der Waals surface area contributed by atoms with Gasteiger partial charge < -0.3 is 15.0 Å². The number of benzene rings is 2. The van der Waals surface area contributed by atoms with Gasteiger partial charge in [0.15, 0.2) is 0 Å². The SMILES string of the molecule is Cc1cc2c(c(C)c1NC(=O)CC1(C)CC1)OCCN2Cc1ccc(F)cc1. The van der Waals surface area contributed by atoms with Gasteiger partial charge in [0.1, 0.15) is 18.2 Å². The highest BCUT2D eigenvalue weighted by Gasteiger charge is 2.39. The Morgan fingerprint density at radius 3 is 2.64 bits per heavy atom. The Morgan fingerprint density at radius 2 is 1.96 bits per heavy atom. The van der Waals surface area contributed by atoms with Crippen LogP contribution in [0.2, 0.25) is 0 Å². The van der Waals surface area contributed by atoms with E-state index in [1.165, 1.54) is 12.1 Å². The third kappa shape index (κ3) is 3.84. The third-order valence-corrected chi connectivity index (χ3v) is 5.89. The number of halogens is 1. The molecule has 5 heteroatoms. The smallest absolute Gasteiger partial charge is 0.224 e. The zero-order valence-corrected chi connectivity index (χ0v) is 16.8. The Labute approximate surface area is 165 Å². The van der Waals surface area contributed by atoms with Crippen molar-refractivity contribution in [3.63, 3.8) is 0 Å². The van der Waals surface area contributed by atoms with Crippen LogP contribution in [0.4, 0.5) is 15.8 Å². The van der Waals surface area contributed by atoms with Crippen LogP contribution in [-0.2, 0) is 11.3 Å². The minimum Gasteiger partial charge on any atom is -0.489 e. The molecule has 4 rings (SSSR count). The summed E-state index contributed by atoms with van der Waals surface area (Å²) in [4.78, 5) is 14.7. The van der Waals surface area contributed by atoms with E-state index in [4.69, 9.17) is 4.74 Å². The maximum Gasteiger partial charge on any atom is 0.224 e. The van der Waals surface area contributed by atoms with Gasteiger partial charge in [0.2, 0.25) is 5.91 Å². The van der Waals surface area contributed by atoms with Crippen LogP contribution < -0.4 is 15.0 Å². The van der Waals surface area contributed by atoms with Crippen LogP contribution in [0.25, 0.3) is 0 Å². The summed E-state index contributed by atoms with van der Waals surface area (Å²) in [7, 11) is 0. The maximum atomic E-state index is 13.2. The predicted octanol–water partition coefficient (Wildman–Crippen LogP) is 4.97. The second-order valence-corrected chi connectivity index (χ2v) is 8.47. The number of nitrogens with one attached hydrogen (secondary N) is 1. The Bertz CT molecular complexity index is 904. The molecular formula is C23H27FN2O2. The molecule has 0 aromatic heterocycles. The number of anilines is 2. The first-order valence-electron chi connectivity index (χ1n) is 9.91. The summed E-state index contributed by atoms with van der Waals surface area (Å²) in [5.41, 5.74) is 5.12. The summed E-state index contributed by atoms with van der Waals surface area (Å²) >= 11 is 0. The number of nitrogens with zero attached hydrogens (tertiary/aromatic N) is 1. The molecule has 1 N–H and O–H groups in total. The van der Waals surface area contributed by atoms with Crippen molar-refractivity contribution in [1.82, 2.24) is 0 Å². The Morgan fingerprint density at radius 1 is 1.25 bits per heavy atom. The lowest BCUT2D eigenvalue weighted by Gasteiger charge is -2.33. The first kappa shape index (κ1) is 18.8. The van der Waals surface area contributed by atoms with Gasteiger partial charge in [-0.3, -0.25) is 4.79 Å². The van der Waals surface area contributed by atoms with Crippen LogP contribution in [0.1, 0.15) is 42.9 Å². The molecule has 4 nitrogen and oxygen atoms in total. The van der Waals surface area contributed by atoms with Gasteiger partial charge in [-0.1, -0.05) is 19.1 Å². The quantitative estimate of drug-likeness (QED) is 0.794. The number of aryl methyl sites for hydroxylation is 1. The number of carbonyl (C=O) groups is 1. The highest BCUT2D eigenvalue weighted by atomic mass is 19.1. The normalized spacial score (nSPS) is 16.9. The highest BCUT2D eigenvalue weighted by Crippen LogP contribution is 2.48. The van der Waals surface area contributed by atoms with Crippen molar-refractivity contribution >= 4 is 17.3 Å². The molecule has 1 aliphatic carbocycles. The molecule has 1 aliphatic heterocycles. The fourth-order valence-electron chi connectivity index (χ4n) is 3.87. The van der Waals surface area contributed by atoms with Crippen LogP contribution in [0.5, 0.6) is 5.75 Å². The van der Waals surface area contributed by atoms with Gasteiger partial charge in [-0.15, -0.1) is 0 Å². The van der Waals surface area contributed by atoms with Crippen LogP contribution in [0.15, 0.2) is 30.3 Å². The zero-order valence-electron chi connectivity index (χ0n) is 16.8. The monoisotopic (exact) mass is 382 g/mol. The van der Waals surface area contributed by atoms with Crippen molar-refractivity contribution in [3.8, 4) is 5.75 Å². The predicted molar refractivity (Wildman–Crippen MR) is 109 cm³/mol. The first-order chi connectivity index (χ1) is 13.3. The van der Waals surface area contributed by atoms with Gasteiger partial charge in [0.25, 0.3) is 0 Å². The molecular weight excluding hydrogens is 355 g/mol. The van der Waals surface area contributed by atoms with E-state index in [1.807, 2.05) is 26.0 Å². The van der Waals surface area contributed by atoms with Crippen molar-refractivity contribution in [2.75, 3.05) is 23.4 Å². The average molecular weight is 382 g/mol. The first-order valence-corrected chi connectivity index (χ1v) is 9.91. The average Bonchev–Trinajstić information content (AvgIpc) is 3.38. The fourth-order valence-corrected chi connectivity index (χ4v) is 3.87. The third-order valence-electron chi connectivity index (χ3n) is 5.89. The van der Waals surface area contributed by atoms with Crippen LogP contribution in [0.3, 0.4) is 0 Å². The molecule has 0 saturated heterocycles. The van der Waals surface area contributed by atoms with Crippen molar-refractivity contribution in [3.05, 3.63) is 52.8 Å². The Kier molecular flexibility index (Phi) is 4.77. The molecule has 2 aromatic carbocycles. The lowest BCUT2D eigenvalue weighted by Crippen LogP contribution is -2.33. The summed E-state index contributed by atoms with van der Waals surface area (Å²) in [6, 6.07) is 8.70. The van der Waals surface area contributed by atoms with Gasteiger partial charge in [0.05, 0.1) is 17.9 Å². The van der Waals surface area contributed by atoms with E-state index in [2.05, 4.69) is 23.2 Å². The topological polar surface area (TPSA) is 41.6 Å². The summed E-state index contributed by atoms with van der Waals surface area (Å²) in [6.07, 6.45) is 2.83. The Hall–Kier alpha value is -2.56. The largest absolute Gasteiger partial charge is 0.489 e. The lowest BCUT2D eigenvalue weighted by molar-refractivity contribution is -0.117. The van der Waals surface area contributed by atoms with Crippen LogP contribution in [0, 0.1) is 25.1 Å². The molecule has 2 aliphatic rings. The number of rotatable bonds is 5. The minimum absolute atomic E-state index is 0.0742. The second-order valence-electron chi connectivity index (χ2n) is 8.47. The van der Waals surface area contributed by atoms with E-state index in [1.54, 1.807) is 0 Å². The van der Waals surface area contributed by atoms with Crippen LogP contribution in [-0.4, -0.2) is 19.1 Å². The number of amides is 1. The number of ether oxygens (including phenoxy) is 1. The molecule has 28 heavy (non-hydrogen) atoms. The summed E-state index contributed by atoms with van der Waals surface area (Å²) in [5.74, 6) is 0.676. The van der Waals surface area contributed by atoms with Crippen molar-refractivity contribution in [2.45, 2.75) is 46.6 Å². The molecule has 2 aromatic rings. The number of fused-ring (bicyclic) bond motifs is 1. The van der Waals surface area contributed by atoms with E-state index in [9.17, 15) is 9.18 Å². The standard InChI is InChI=1S/C23H27FN2O2/c1-15-12-19-22(16(2)21(15)25-20(27)13-23(3)8-9-23)28-11-10-26(19)14-17-4-6-18(24)7-5-17/h4-7,12H,8-11,13-14H2,1-3H3,(H,25,27). The summed E-state index contributed by atoms with van der Waals surface area (Å²) < 4.78 is 19.2. The van der Waals surface area contributed by atoms with Gasteiger partial charge in [-0.25, -0.2) is 4.39 Å². The minimum atomic E-state index is -0.224. The molecule has 148 valence electrons. The second kappa shape index (κ2) is 7.12. The molecule has 0 radical (unpaired) electrons. The molecule has 1 saturated carbocycles. The molecule has 1 amide bonds. The van der Waals surface area contributed by atoms with E-state index >= 15 is 0 Å². The van der Waals surface area contributed by atoms with Crippen LogP contribution >= 0.6 is 0 Å². The molecule has 0 unspecified atom stereocenters. The van der Waals surface area contributed by atoms with Crippen molar-refractivity contribution < 1.29 is 13.9 Å². The molecule has 1 heterocycles. The lowest BCUT2D eigenvalue weighted by atomic mass is 10.0. The van der Waals surface area contributed by atoms with Gasteiger partial charge >= 0.3 is 0 Å². The van der Waals surface area contributed by atoms with E-state index in [0.717, 1.165) is 53.2 Å². The molecule has 1 fully saturated rings. The van der Waals surface area contributed by atoms with Gasteiger partial charge in [-0.2, -0.15) is 0 Å². The van der Waals surface area contributed by atoms with Crippen molar-refractivity contribution in [1.29, 1.82) is 0 Å². The molecule has 0 bridgehead atoms. The van der Waals surface area contributed by atoms with Gasteiger partial charge in [0, 0.05) is 18.5 Å². The van der Waals surface area contributed by atoms with E-state index < -0.39 is 0 Å². The molecule has 0 spiro atoms. The van der Waals surface area contributed by atoms with E-state index in [0.29, 0.717) is 19.6 Å². The van der Waals surface area contributed by atoms with E-state index in [-0.39, 0.29) is 17.1 Å². The number of hydrogen-bond acceptors (Lipinski definition) is 3. The number of hydrogen-bond donors (Lipinski definition) is 1. The van der Waals surface area contributed by atoms with Crippen molar-refractivity contribution in [2.24, 2.45) is 5.41 Å². The fraction of sp³-hybridized carbons (Fsp3) is 0.435.